The molecule has 1 amide bonds. The lowest BCUT2D eigenvalue weighted by atomic mass is 10.2. The summed E-state index contributed by atoms with van der Waals surface area (Å²) in [6.45, 7) is 1.51. The molecule has 19 heavy (non-hydrogen) atoms. The van der Waals surface area contributed by atoms with Crippen LogP contribution in [0.3, 0.4) is 0 Å². The molecule has 0 aliphatic heterocycles. The number of carbonyl (C=O) groups is 2. The second-order valence-electron chi connectivity index (χ2n) is 4.12. The number of H-pyrrole nitrogens is 1. The molecule has 0 spiro atoms. The first kappa shape index (κ1) is 13.0. The van der Waals surface area contributed by atoms with Gasteiger partial charge in [0.15, 0.2) is 5.78 Å². The van der Waals surface area contributed by atoms with Gasteiger partial charge in [-0.2, -0.15) is 0 Å². The fourth-order valence-electron chi connectivity index (χ4n) is 1.65. The third-order valence-corrected chi connectivity index (χ3v) is 2.71. The van der Waals surface area contributed by atoms with E-state index in [1.165, 1.54) is 19.1 Å². The third-order valence-electron chi connectivity index (χ3n) is 2.71. The van der Waals surface area contributed by atoms with Gasteiger partial charge in [-0.1, -0.05) is 18.2 Å². The fourth-order valence-corrected chi connectivity index (χ4v) is 1.65. The fraction of sp³-hybridized carbons (Fsp3) is 0.143. The van der Waals surface area contributed by atoms with E-state index in [0.29, 0.717) is 11.3 Å². The average Bonchev–Trinajstić information content (AvgIpc) is 2.87. The molecule has 0 unspecified atom stereocenters. The van der Waals surface area contributed by atoms with Gasteiger partial charge >= 0.3 is 0 Å². The maximum Gasteiger partial charge on any atom is 0.267 e. The van der Waals surface area contributed by atoms with Gasteiger partial charge in [0.1, 0.15) is 11.5 Å². The number of benzene rings is 1. The lowest BCUT2D eigenvalue weighted by Crippen LogP contribution is -2.23. The molecule has 1 aromatic carbocycles. The van der Waals surface area contributed by atoms with E-state index in [1.807, 2.05) is 0 Å². The molecule has 0 saturated carbocycles. The summed E-state index contributed by atoms with van der Waals surface area (Å²) in [4.78, 5) is 25.6. The first-order valence-corrected chi connectivity index (χ1v) is 5.79. The maximum absolute atomic E-state index is 13.3. The van der Waals surface area contributed by atoms with Crippen molar-refractivity contribution in [1.29, 1.82) is 0 Å². The van der Waals surface area contributed by atoms with Crippen molar-refractivity contribution in [3.63, 3.8) is 0 Å². The molecule has 5 heteroatoms. The van der Waals surface area contributed by atoms with Crippen molar-refractivity contribution in [2.24, 2.45) is 0 Å². The number of carbonyl (C=O) groups excluding carboxylic acids is 2. The zero-order chi connectivity index (χ0) is 13.8. The molecule has 98 valence electrons. The Labute approximate surface area is 109 Å². The van der Waals surface area contributed by atoms with Crippen molar-refractivity contribution >= 4 is 11.7 Å². The maximum atomic E-state index is 13.3. The Morgan fingerprint density at radius 2 is 1.84 bits per heavy atom. The number of ketones is 1. The summed E-state index contributed by atoms with van der Waals surface area (Å²) in [5.41, 5.74) is 1.06. The first-order valence-electron chi connectivity index (χ1n) is 5.79. The van der Waals surface area contributed by atoms with Gasteiger partial charge in [0.05, 0.1) is 5.69 Å². The van der Waals surface area contributed by atoms with Crippen molar-refractivity contribution in [2.45, 2.75) is 13.5 Å². The van der Waals surface area contributed by atoms with Gasteiger partial charge < -0.3 is 10.3 Å². The summed E-state index contributed by atoms with van der Waals surface area (Å²) in [7, 11) is 0. The lowest BCUT2D eigenvalue weighted by Gasteiger charge is -2.05. The molecular weight excluding hydrogens is 247 g/mol. The minimum Gasteiger partial charge on any atom is -0.348 e. The molecule has 2 N–H and O–H groups in total. The Balaban J connectivity index is 2.01. The number of rotatable bonds is 4. The standard InChI is InChI=1S/C14H13FN2O2/c1-9(18)12-6-7-13(17-12)14(19)16-8-10-4-2-3-5-11(10)15/h2-7,17H,8H2,1H3,(H,16,19). The van der Waals surface area contributed by atoms with E-state index in [-0.39, 0.29) is 29.7 Å². The monoisotopic (exact) mass is 260 g/mol. The minimum atomic E-state index is -0.379. The molecule has 0 aliphatic rings. The Morgan fingerprint density at radius 3 is 2.47 bits per heavy atom. The van der Waals surface area contributed by atoms with Gasteiger partial charge in [0, 0.05) is 19.0 Å². The van der Waals surface area contributed by atoms with Crippen molar-refractivity contribution in [2.75, 3.05) is 0 Å². The van der Waals surface area contributed by atoms with Gasteiger partial charge in [-0.3, -0.25) is 9.59 Å². The molecule has 2 rings (SSSR count). The summed E-state index contributed by atoms with van der Waals surface area (Å²) < 4.78 is 13.3. The number of Topliss-reactive ketones (excluding diaryl/α,β-unsaturated/α-hetero) is 1. The predicted octanol–water partition coefficient (Wildman–Crippen LogP) is 2.29. The molecule has 0 atom stereocenters. The highest BCUT2D eigenvalue weighted by molar-refractivity contribution is 5.97. The zero-order valence-corrected chi connectivity index (χ0v) is 10.4. The van der Waals surface area contributed by atoms with Crippen LogP contribution in [-0.2, 0) is 6.54 Å². The Hall–Kier alpha value is -2.43. The van der Waals surface area contributed by atoms with E-state index in [9.17, 15) is 14.0 Å². The highest BCUT2D eigenvalue weighted by atomic mass is 19.1. The van der Waals surface area contributed by atoms with E-state index in [4.69, 9.17) is 0 Å². The predicted molar refractivity (Wildman–Crippen MR) is 68.4 cm³/mol. The molecule has 0 fully saturated rings. The Morgan fingerprint density at radius 1 is 1.16 bits per heavy atom. The topological polar surface area (TPSA) is 62.0 Å². The number of aromatic nitrogens is 1. The summed E-state index contributed by atoms with van der Waals surface area (Å²) in [5.74, 6) is -0.886. The van der Waals surface area contributed by atoms with Crippen molar-refractivity contribution < 1.29 is 14.0 Å². The quantitative estimate of drug-likeness (QED) is 0.828. The third kappa shape index (κ3) is 3.07. The molecule has 0 bridgehead atoms. The van der Waals surface area contributed by atoms with Crippen LogP contribution in [0, 0.1) is 5.82 Å². The van der Waals surface area contributed by atoms with E-state index in [0.717, 1.165) is 0 Å². The van der Waals surface area contributed by atoms with Gasteiger partial charge in [-0.15, -0.1) is 0 Å². The van der Waals surface area contributed by atoms with Crippen LogP contribution in [0.2, 0.25) is 0 Å². The summed E-state index contributed by atoms with van der Waals surface area (Å²) in [5, 5.41) is 2.59. The SMILES string of the molecule is CC(=O)c1ccc(C(=O)NCc2ccccc2F)[nH]1. The molecule has 1 aromatic heterocycles. The summed E-state index contributed by atoms with van der Waals surface area (Å²) in [6.07, 6.45) is 0. The van der Waals surface area contributed by atoms with Gasteiger partial charge in [0.2, 0.25) is 0 Å². The van der Waals surface area contributed by atoms with Crippen LogP contribution in [0.1, 0.15) is 33.5 Å². The second kappa shape index (κ2) is 5.48. The number of hydrogen-bond donors (Lipinski definition) is 2. The van der Waals surface area contributed by atoms with Crippen LogP contribution in [0.5, 0.6) is 0 Å². The van der Waals surface area contributed by atoms with Crippen LogP contribution in [0.25, 0.3) is 0 Å². The molecule has 4 nitrogen and oxygen atoms in total. The largest absolute Gasteiger partial charge is 0.348 e. The van der Waals surface area contributed by atoms with E-state index in [1.54, 1.807) is 24.3 Å². The molecule has 0 radical (unpaired) electrons. The smallest absolute Gasteiger partial charge is 0.267 e. The van der Waals surface area contributed by atoms with Crippen molar-refractivity contribution in [3.8, 4) is 0 Å². The molecule has 2 aromatic rings. The van der Waals surface area contributed by atoms with Crippen LogP contribution in [0.4, 0.5) is 4.39 Å². The van der Waals surface area contributed by atoms with E-state index >= 15 is 0 Å². The molecular formula is C14H13FN2O2. The van der Waals surface area contributed by atoms with Crippen LogP contribution < -0.4 is 5.32 Å². The highest BCUT2D eigenvalue weighted by Crippen LogP contribution is 2.07. The zero-order valence-electron chi connectivity index (χ0n) is 10.4. The van der Waals surface area contributed by atoms with Crippen LogP contribution >= 0.6 is 0 Å². The first-order chi connectivity index (χ1) is 9.08. The van der Waals surface area contributed by atoms with Crippen molar-refractivity contribution in [3.05, 3.63) is 59.2 Å². The number of halogens is 1. The normalized spacial score (nSPS) is 10.2. The number of aromatic amines is 1. The number of hydrogen-bond acceptors (Lipinski definition) is 2. The summed E-state index contributed by atoms with van der Waals surface area (Å²) >= 11 is 0. The van der Waals surface area contributed by atoms with Gasteiger partial charge in [0.25, 0.3) is 5.91 Å². The minimum absolute atomic E-state index is 0.0972. The average molecular weight is 260 g/mol. The number of amides is 1. The lowest BCUT2D eigenvalue weighted by molar-refractivity contribution is 0.0946. The Kier molecular flexibility index (Phi) is 3.75. The highest BCUT2D eigenvalue weighted by Gasteiger charge is 2.10. The summed E-state index contributed by atoms with van der Waals surface area (Å²) in [6, 6.07) is 9.29. The molecule has 1 heterocycles. The Bertz CT molecular complexity index is 619. The molecule has 0 aliphatic carbocycles. The van der Waals surface area contributed by atoms with E-state index in [2.05, 4.69) is 10.3 Å². The van der Waals surface area contributed by atoms with Gasteiger partial charge in [-0.25, -0.2) is 4.39 Å². The van der Waals surface area contributed by atoms with Crippen LogP contribution in [-0.4, -0.2) is 16.7 Å². The van der Waals surface area contributed by atoms with Crippen molar-refractivity contribution in [1.82, 2.24) is 10.3 Å². The second-order valence-corrected chi connectivity index (χ2v) is 4.12. The van der Waals surface area contributed by atoms with Gasteiger partial charge in [-0.05, 0) is 18.2 Å². The van der Waals surface area contributed by atoms with E-state index < -0.39 is 0 Å². The molecule has 0 saturated heterocycles. The van der Waals surface area contributed by atoms with Crippen LogP contribution in [0.15, 0.2) is 36.4 Å². The number of nitrogens with one attached hydrogen (secondary N) is 2.